The first-order valence-electron chi connectivity index (χ1n) is 5.76. The van der Waals surface area contributed by atoms with E-state index < -0.39 is 11.4 Å². The molecule has 0 N–H and O–H groups in total. The average molecular weight is 314 g/mol. The van der Waals surface area contributed by atoms with E-state index in [9.17, 15) is 9.18 Å². The van der Waals surface area contributed by atoms with E-state index >= 15 is 0 Å². The van der Waals surface area contributed by atoms with Gasteiger partial charge in [-0.15, -0.1) is 0 Å². The molecule has 18 heavy (non-hydrogen) atoms. The number of rotatable bonds is 3. The summed E-state index contributed by atoms with van der Waals surface area (Å²) in [5.41, 5.74) is -0.309. The van der Waals surface area contributed by atoms with Crippen LogP contribution < -0.4 is 4.74 Å². The fourth-order valence-corrected chi connectivity index (χ4v) is 3.05. The van der Waals surface area contributed by atoms with Gasteiger partial charge in [0.2, 0.25) is 6.08 Å². The van der Waals surface area contributed by atoms with Crippen molar-refractivity contribution >= 4 is 22.0 Å². The topological polar surface area (TPSA) is 38.7 Å². The SMILES string of the molecule is COc1ccc(C2(N=C=O)CCCC2)c(F)c1Br. The number of hydrogen-bond donors (Lipinski definition) is 0. The molecular formula is C13H13BrFNO2. The van der Waals surface area contributed by atoms with E-state index in [-0.39, 0.29) is 4.47 Å². The summed E-state index contributed by atoms with van der Waals surface area (Å²) in [6, 6.07) is 3.33. The van der Waals surface area contributed by atoms with Crippen LogP contribution in [0.3, 0.4) is 0 Å². The van der Waals surface area contributed by atoms with Gasteiger partial charge in [-0.1, -0.05) is 12.8 Å². The highest BCUT2D eigenvalue weighted by atomic mass is 79.9. The van der Waals surface area contributed by atoms with Crippen LogP contribution in [-0.2, 0) is 10.3 Å². The molecule has 0 unspecified atom stereocenters. The summed E-state index contributed by atoms with van der Waals surface area (Å²) in [5.74, 6) is 0.0229. The first kappa shape index (κ1) is 13.2. The molecule has 0 heterocycles. The van der Waals surface area contributed by atoms with Crippen molar-refractivity contribution in [2.75, 3.05) is 7.11 Å². The minimum Gasteiger partial charge on any atom is -0.495 e. The second kappa shape index (κ2) is 5.21. The Kier molecular flexibility index (Phi) is 3.83. The summed E-state index contributed by atoms with van der Waals surface area (Å²) in [6.45, 7) is 0. The van der Waals surface area contributed by atoms with Gasteiger partial charge in [-0.05, 0) is 40.9 Å². The van der Waals surface area contributed by atoms with Crippen LogP contribution in [0.15, 0.2) is 21.6 Å². The smallest absolute Gasteiger partial charge is 0.235 e. The summed E-state index contributed by atoms with van der Waals surface area (Å²) < 4.78 is 19.7. The Balaban J connectivity index is 2.56. The lowest BCUT2D eigenvalue weighted by Gasteiger charge is -2.24. The minimum atomic E-state index is -0.749. The molecule has 96 valence electrons. The van der Waals surface area contributed by atoms with E-state index in [1.807, 2.05) is 0 Å². The Morgan fingerprint density at radius 3 is 2.67 bits per heavy atom. The molecule has 1 fully saturated rings. The van der Waals surface area contributed by atoms with E-state index in [1.165, 1.54) is 7.11 Å². The summed E-state index contributed by atoms with van der Waals surface area (Å²) in [7, 11) is 1.48. The van der Waals surface area contributed by atoms with E-state index in [0.29, 0.717) is 24.2 Å². The first-order valence-corrected chi connectivity index (χ1v) is 6.55. The van der Waals surface area contributed by atoms with Crippen molar-refractivity contribution in [2.45, 2.75) is 31.2 Å². The molecule has 1 aliphatic rings. The molecule has 0 bridgehead atoms. The summed E-state index contributed by atoms with van der Waals surface area (Å²) in [4.78, 5) is 14.5. The fourth-order valence-electron chi connectivity index (χ4n) is 2.54. The van der Waals surface area contributed by atoms with Gasteiger partial charge in [0, 0.05) is 5.56 Å². The molecule has 0 aliphatic heterocycles. The Labute approximate surface area is 113 Å². The summed E-state index contributed by atoms with van der Waals surface area (Å²) >= 11 is 3.17. The second-order valence-electron chi connectivity index (χ2n) is 4.39. The van der Waals surface area contributed by atoms with E-state index in [1.54, 1.807) is 18.2 Å². The van der Waals surface area contributed by atoms with Crippen LogP contribution in [0, 0.1) is 5.82 Å². The van der Waals surface area contributed by atoms with Crippen LogP contribution in [0.1, 0.15) is 31.2 Å². The van der Waals surface area contributed by atoms with Gasteiger partial charge in [-0.25, -0.2) is 9.18 Å². The molecule has 1 aromatic rings. The standard InChI is InChI=1S/C13H13BrFNO2/c1-18-10-5-4-9(12(15)11(10)14)13(16-8-17)6-2-3-7-13/h4-5H,2-3,6-7H2,1H3. The first-order chi connectivity index (χ1) is 8.64. The number of hydrogen-bond acceptors (Lipinski definition) is 3. The largest absolute Gasteiger partial charge is 0.495 e. The van der Waals surface area contributed by atoms with Crippen molar-refractivity contribution in [1.82, 2.24) is 0 Å². The van der Waals surface area contributed by atoms with Crippen molar-refractivity contribution in [3.63, 3.8) is 0 Å². The molecule has 0 atom stereocenters. The molecule has 1 saturated carbocycles. The highest BCUT2D eigenvalue weighted by Gasteiger charge is 2.38. The monoisotopic (exact) mass is 313 g/mol. The molecule has 0 amide bonds. The Hall–Kier alpha value is -1.19. The number of isocyanates is 1. The van der Waals surface area contributed by atoms with Crippen molar-refractivity contribution in [3.8, 4) is 5.75 Å². The number of ether oxygens (including phenoxy) is 1. The molecular weight excluding hydrogens is 301 g/mol. The van der Waals surface area contributed by atoms with Crippen molar-refractivity contribution in [3.05, 3.63) is 28.0 Å². The van der Waals surface area contributed by atoms with Crippen LogP contribution >= 0.6 is 15.9 Å². The maximum Gasteiger partial charge on any atom is 0.235 e. The summed E-state index contributed by atoms with van der Waals surface area (Å²) in [5, 5.41) is 0. The van der Waals surface area contributed by atoms with Crippen molar-refractivity contribution < 1.29 is 13.9 Å². The normalized spacial score (nSPS) is 17.3. The van der Waals surface area contributed by atoms with Gasteiger partial charge in [-0.3, -0.25) is 0 Å². The lowest BCUT2D eigenvalue weighted by Crippen LogP contribution is -2.21. The molecule has 3 nitrogen and oxygen atoms in total. The number of aliphatic imine (C=N–C) groups is 1. The van der Waals surface area contributed by atoms with Gasteiger partial charge in [0.05, 0.1) is 11.6 Å². The molecule has 1 aliphatic carbocycles. The predicted molar refractivity (Wildman–Crippen MR) is 68.9 cm³/mol. The van der Waals surface area contributed by atoms with E-state index in [2.05, 4.69) is 20.9 Å². The van der Waals surface area contributed by atoms with Gasteiger partial charge in [0.25, 0.3) is 0 Å². The number of carbonyl (C=O) groups excluding carboxylic acids is 1. The molecule has 0 saturated heterocycles. The Morgan fingerprint density at radius 1 is 1.44 bits per heavy atom. The Bertz CT molecular complexity index is 506. The predicted octanol–water partition coefficient (Wildman–Crippen LogP) is 3.70. The minimum absolute atomic E-state index is 0.273. The highest BCUT2D eigenvalue weighted by Crippen LogP contribution is 2.45. The molecule has 5 heteroatoms. The van der Waals surface area contributed by atoms with Gasteiger partial charge in [0.15, 0.2) is 0 Å². The lowest BCUT2D eigenvalue weighted by molar-refractivity contribution is 0.397. The quantitative estimate of drug-likeness (QED) is 0.630. The van der Waals surface area contributed by atoms with Crippen molar-refractivity contribution in [2.24, 2.45) is 4.99 Å². The lowest BCUT2D eigenvalue weighted by atomic mass is 9.88. The van der Waals surface area contributed by atoms with E-state index in [4.69, 9.17) is 4.74 Å². The van der Waals surface area contributed by atoms with Crippen molar-refractivity contribution in [1.29, 1.82) is 0 Å². The average Bonchev–Trinajstić information content (AvgIpc) is 2.82. The molecule has 0 radical (unpaired) electrons. The Morgan fingerprint density at radius 2 is 2.11 bits per heavy atom. The summed E-state index contributed by atoms with van der Waals surface area (Å²) in [6.07, 6.45) is 4.82. The number of nitrogens with zero attached hydrogens (tertiary/aromatic N) is 1. The highest BCUT2D eigenvalue weighted by molar-refractivity contribution is 9.10. The molecule has 0 aromatic heterocycles. The van der Waals surface area contributed by atoms with E-state index in [0.717, 1.165) is 12.8 Å². The fraction of sp³-hybridized carbons (Fsp3) is 0.462. The number of benzene rings is 1. The van der Waals surface area contributed by atoms with Crippen LogP contribution in [0.5, 0.6) is 5.75 Å². The molecule has 0 spiro atoms. The second-order valence-corrected chi connectivity index (χ2v) is 5.18. The third-order valence-corrected chi connectivity index (χ3v) is 4.20. The molecule has 1 aromatic carbocycles. The van der Waals surface area contributed by atoms with Gasteiger partial charge in [-0.2, -0.15) is 4.99 Å². The zero-order valence-corrected chi connectivity index (χ0v) is 11.6. The number of methoxy groups -OCH3 is 1. The maximum atomic E-state index is 14.4. The van der Waals surface area contributed by atoms with Gasteiger partial charge < -0.3 is 4.74 Å². The van der Waals surface area contributed by atoms with Crippen LogP contribution in [0.2, 0.25) is 0 Å². The molecule has 2 rings (SSSR count). The zero-order chi connectivity index (χ0) is 13.2. The third-order valence-electron chi connectivity index (χ3n) is 3.46. The van der Waals surface area contributed by atoms with Crippen LogP contribution in [0.25, 0.3) is 0 Å². The van der Waals surface area contributed by atoms with Gasteiger partial charge >= 0.3 is 0 Å². The zero-order valence-electron chi connectivity index (χ0n) is 10.0. The third kappa shape index (κ3) is 2.08. The maximum absolute atomic E-state index is 14.4. The van der Waals surface area contributed by atoms with Gasteiger partial charge in [0.1, 0.15) is 17.1 Å². The van der Waals surface area contributed by atoms with Crippen LogP contribution in [-0.4, -0.2) is 13.2 Å². The van der Waals surface area contributed by atoms with Crippen LogP contribution in [0.4, 0.5) is 4.39 Å². The number of halogens is 2.